The molecule has 1 fully saturated rings. The molecule has 0 bridgehead atoms. The Bertz CT molecular complexity index is 365. The van der Waals surface area contributed by atoms with E-state index in [2.05, 4.69) is 41.2 Å². The topological polar surface area (TPSA) is 28.2 Å². The van der Waals surface area contributed by atoms with E-state index < -0.39 is 0 Å². The van der Waals surface area contributed by atoms with E-state index in [1.54, 1.807) is 0 Å². The second-order valence-electron chi connectivity index (χ2n) is 5.06. The molecule has 1 aromatic rings. The number of rotatable bonds is 6. The lowest BCUT2D eigenvalue weighted by Crippen LogP contribution is -2.25. The molecule has 0 spiro atoms. The van der Waals surface area contributed by atoms with E-state index in [0.29, 0.717) is 6.04 Å². The molecule has 3 nitrogen and oxygen atoms in total. The van der Waals surface area contributed by atoms with Crippen molar-refractivity contribution < 1.29 is 0 Å². The lowest BCUT2D eigenvalue weighted by Gasteiger charge is -2.25. The molecule has 0 aliphatic carbocycles. The molecule has 100 valence electrons. The van der Waals surface area contributed by atoms with E-state index in [1.165, 1.54) is 37.9 Å². The third-order valence-electron chi connectivity index (χ3n) is 3.61. The van der Waals surface area contributed by atoms with Crippen molar-refractivity contribution in [3.05, 3.63) is 23.9 Å². The minimum absolute atomic E-state index is 0.568. The van der Waals surface area contributed by atoms with Crippen LogP contribution in [-0.4, -0.2) is 29.5 Å². The summed E-state index contributed by atoms with van der Waals surface area (Å²) in [6, 6.07) is 4.87. The van der Waals surface area contributed by atoms with Gasteiger partial charge >= 0.3 is 0 Å². The molecule has 1 aliphatic heterocycles. The highest BCUT2D eigenvalue weighted by Gasteiger charge is 2.27. The first-order chi connectivity index (χ1) is 8.86. The van der Waals surface area contributed by atoms with Crippen LogP contribution < -0.4 is 5.32 Å². The van der Waals surface area contributed by atoms with E-state index in [1.807, 2.05) is 6.20 Å². The summed E-state index contributed by atoms with van der Waals surface area (Å²) in [5.41, 5.74) is 1.39. The molecule has 0 saturated carbocycles. The zero-order valence-electron chi connectivity index (χ0n) is 11.7. The summed E-state index contributed by atoms with van der Waals surface area (Å²) in [6.45, 7) is 7.89. The molecule has 0 aromatic carbocycles. The fourth-order valence-corrected chi connectivity index (χ4v) is 2.81. The van der Waals surface area contributed by atoms with Crippen LogP contribution in [0.5, 0.6) is 0 Å². The zero-order chi connectivity index (χ0) is 12.8. The highest BCUT2D eigenvalue weighted by atomic mass is 15.2. The highest BCUT2D eigenvalue weighted by Crippen LogP contribution is 2.34. The van der Waals surface area contributed by atoms with Gasteiger partial charge in [0, 0.05) is 24.3 Å². The highest BCUT2D eigenvalue weighted by molar-refractivity contribution is 5.46. The average Bonchev–Trinajstić information content (AvgIpc) is 2.85. The van der Waals surface area contributed by atoms with Gasteiger partial charge in [-0.3, -0.25) is 4.90 Å². The molecule has 1 aromatic heterocycles. The van der Waals surface area contributed by atoms with Crippen LogP contribution in [0.2, 0.25) is 0 Å². The van der Waals surface area contributed by atoms with Crippen molar-refractivity contribution in [1.29, 1.82) is 0 Å². The third-order valence-corrected chi connectivity index (χ3v) is 3.61. The summed E-state index contributed by atoms with van der Waals surface area (Å²) in [5, 5.41) is 3.46. The van der Waals surface area contributed by atoms with E-state index in [0.717, 1.165) is 18.8 Å². The summed E-state index contributed by atoms with van der Waals surface area (Å²) >= 11 is 0. The maximum Gasteiger partial charge on any atom is 0.130 e. The summed E-state index contributed by atoms with van der Waals surface area (Å²) < 4.78 is 0. The first-order valence-corrected chi connectivity index (χ1v) is 7.29. The zero-order valence-corrected chi connectivity index (χ0v) is 11.7. The number of likely N-dealkylation sites (tertiary alicyclic amines) is 1. The van der Waals surface area contributed by atoms with Crippen LogP contribution in [0.4, 0.5) is 5.82 Å². The second kappa shape index (κ2) is 6.74. The van der Waals surface area contributed by atoms with E-state index in [-0.39, 0.29) is 0 Å². The fourth-order valence-electron chi connectivity index (χ4n) is 2.81. The third kappa shape index (κ3) is 3.02. The van der Waals surface area contributed by atoms with Crippen LogP contribution in [0.1, 0.15) is 51.1 Å². The Kier molecular flexibility index (Phi) is 5.00. The van der Waals surface area contributed by atoms with Crippen molar-refractivity contribution in [3.8, 4) is 0 Å². The quantitative estimate of drug-likeness (QED) is 0.834. The molecule has 1 saturated heterocycles. The SMILES string of the molecule is CCCNc1ncccc1[C@@H]1CCCN1CCC. The molecule has 0 amide bonds. The van der Waals surface area contributed by atoms with E-state index >= 15 is 0 Å². The smallest absolute Gasteiger partial charge is 0.130 e. The molecule has 0 unspecified atom stereocenters. The van der Waals surface area contributed by atoms with E-state index in [9.17, 15) is 0 Å². The van der Waals surface area contributed by atoms with Crippen molar-refractivity contribution >= 4 is 5.82 Å². The normalized spacial score (nSPS) is 20.2. The van der Waals surface area contributed by atoms with Crippen molar-refractivity contribution in [3.63, 3.8) is 0 Å². The van der Waals surface area contributed by atoms with Gasteiger partial charge in [0.25, 0.3) is 0 Å². The fraction of sp³-hybridized carbons (Fsp3) is 0.667. The Hall–Kier alpha value is -1.09. The number of nitrogens with one attached hydrogen (secondary N) is 1. The predicted molar refractivity (Wildman–Crippen MR) is 76.9 cm³/mol. The molecule has 2 heterocycles. The number of anilines is 1. The van der Waals surface area contributed by atoms with E-state index in [4.69, 9.17) is 0 Å². The summed E-state index contributed by atoms with van der Waals surface area (Å²) in [5.74, 6) is 1.09. The molecule has 0 radical (unpaired) electrons. The molecule has 3 heteroatoms. The molecular weight excluding hydrogens is 222 g/mol. The number of hydrogen-bond donors (Lipinski definition) is 1. The number of nitrogens with zero attached hydrogens (tertiary/aromatic N) is 2. The maximum absolute atomic E-state index is 4.52. The lowest BCUT2D eigenvalue weighted by molar-refractivity contribution is 0.258. The monoisotopic (exact) mass is 247 g/mol. The Morgan fingerprint density at radius 1 is 1.39 bits per heavy atom. The van der Waals surface area contributed by atoms with Crippen LogP contribution in [0.25, 0.3) is 0 Å². The van der Waals surface area contributed by atoms with Gasteiger partial charge in [-0.15, -0.1) is 0 Å². The van der Waals surface area contributed by atoms with Gasteiger partial charge in [0.1, 0.15) is 5.82 Å². The molecule has 1 N–H and O–H groups in total. The van der Waals surface area contributed by atoms with Crippen LogP contribution in [0.15, 0.2) is 18.3 Å². The second-order valence-corrected chi connectivity index (χ2v) is 5.06. The first kappa shape index (κ1) is 13.3. The average molecular weight is 247 g/mol. The molecule has 18 heavy (non-hydrogen) atoms. The van der Waals surface area contributed by atoms with Gasteiger partial charge in [0.2, 0.25) is 0 Å². The van der Waals surface area contributed by atoms with Gasteiger partial charge in [0.15, 0.2) is 0 Å². The standard InChI is InChI=1S/C15H25N3/c1-3-9-16-15-13(7-5-10-17-15)14-8-6-12-18(14)11-4-2/h5,7,10,14H,3-4,6,8-9,11-12H2,1-2H3,(H,16,17)/t14-/m0/s1. The number of aromatic nitrogens is 1. The van der Waals surface area contributed by atoms with Crippen LogP contribution in [0, 0.1) is 0 Å². The molecule has 1 aliphatic rings. The summed E-state index contributed by atoms with van der Waals surface area (Å²) in [7, 11) is 0. The number of pyridine rings is 1. The molecule has 1 atom stereocenters. The van der Waals surface area contributed by atoms with Crippen molar-refractivity contribution in [1.82, 2.24) is 9.88 Å². The minimum Gasteiger partial charge on any atom is -0.370 e. The van der Waals surface area contributed by atoms with Gasteiger partial charge in [-0.1, -0.05) is 19.9 Å². The van der Waals surface area contributed by atoms with Gasteiger partial charge in [-0.25, -0.2) is 4.98 Å². The van der Waals surface area contributed by atoms with Crippen molar-refractivity contribution in [2.45, 2.75) is 45.6 Å². The Morgan fingerprint density at radius 3 is 3.06 bits per heavy atom. The maximum atomic E-state index is 4.52. The van der Waals surface area contributed by atoms with Crippen LogP contribution >= 0.6 is 0 Å². The molecular formula is C15H25N3. The Morgan fingerprint density at radius 2 is 2.28 bits per heavy atom. The Balaban J connectivity index is 2.15. The van der Waals surface area contributed by atoms with Gasteiger partial charge in [-0.2, -0.15) is 0 Å². The minimum atomic E-state index is 0.568. The number of hydrogen-bond acceptors (Lipinski definition) is 3. The van der Waals surface area contributed by atoms with Crippen molar-refractivity contribution in [2.75, 3.05) is 25.0 Å². The summed E-state index contributed by atoms with van der Waals surface area (Å²) in [4.78, 5) is 7.12. The molecule has 2 rings (SSSR count). The van der Waals surface area contributed by atoms with Gasteiger partial charge in [-0.05, 0) is 44.8 Å². The van der Waals surface area contributed by atoms with Gasteiger partial charge in [0.05, 0.1) is 0 Å². The first-order valence-electron chi connectivity index (χ1n) is 7.29. The summed E-state index contributed by atoms with van der Waals surface area (Å²) in [6.07, 6.45) is 6.84. The predicted octanol–water partition coefficient (Wildman–Crippen LogP) is 3.45. The lowest BCUT2D eigenvalue weighted by atomic mass is 10.1. The van der Waals surface area contributed by atoms with Crippen LogP contribution in [0.3, 0.4) is 0 Å². The largest absolute Gasteiger partial charge is 0.370 e. The van der Waals surface area contributed by atoms with Crippen LogP contribution in [-0.2, 0) is 0 Å². The Labute approximate surface area is 111 Å². The van der Waals surface area contributed by atoms with Gasteiger partial charge < -0.3 is 5.32 Å². The van der Waals surface area contributed by atoms with Crippen molar-refractivity contribution in [2.24, 2.45) is 0 Å².